The average Bonchev–Trinajstić information content (AvgIpc) is 3.01. The fraction of sp³-hybridized carbons (Fsp3) is 0.400. The molecule has 0 radical (unpaired) electrons. The van der Waals surface area contributed by atoms with E-state index in [1.807, 2.05) is 0 Å². The third-order valence-corrected chi connectivity index (χ3v) is 15.8. The van der Waals surface area contributed by atoms with E-state index in [-0.39, 0.29) is 7.92 Å². The lowest BCUT2D eigenvalue weighted by Gasteiger charge is -2.40. The summed E-state index contributed by atoms with van der Waals surface area (Å²) in [5.41, 5.74) is 10.4. The van der Waals surface area contributed by atoms with Crippen LogP contribution < -0.4 is 21.2 Å². The minimum Gasteiger partial charge on any atom is -0.0683 e. The SMILES string of the molecule is Cc1ccc(P(c2ccc(C)cc2)c2cccc(C)c2-c2c(C)cccc2P(C2CCCCC2)C2CCCCC2)cc1. The van der Waals surface area contributed by atoms with Gasteiger partial charge in [-0.25, -0.2) is 0 Å². The minimum atomic E-state index is -0.697. The maximum absolute atomic E-state index is 2.58. The van der Waals surface area contributed by atoms with Gasteiger partial charge in [0.15, 0.2) is 0 Å². The van der Waals surface area contributed by atoms with Gasteiger partial charge >= 0.3 is 0 Å². The van der Waals surface area contributed by atoms with Gasteiger partial charge in [-0.2, -0.15) is 0 Å². The second-order valence-corrected chi connectivity index (χ2v) is 17.9. The Morgan fingerprint density at radius 1 is 0.452 bits per heavy atom. The van der Waals surface area contributed by atoms with Gasteiger partial charge in [0, 0.05) is 0 Å². The van der Waals surface area contributed by atoms with Crippen molar-refractivity contribution >= 4 is 37.1 Å². The molecule has 4 aromatic rings. The van der Waals surface area contributed by atoms with Gasteiger partial charge in [-0.05, 0) is 116 Å². The molecule has 0 N–H and O–H groups in total. The van der Waals surface area contributed by atoms with E-state index >= 15 is 0 Å². The summed E-state index contributed by atoms with van der Waals surface area (Å²) in [4.78, 5) is 0. The second-order valence-electron chi connectivity index (χ2n) is 12.9. The molecule has 6 rings (SSSR count). The third kappa shape index (κ3) is 6.33. The van der Waals surface area contributed by atoms with Gasteiger partial charge in [0.1, 0.15) is 0 Å². The van der Waals surface area contributed by atoms with E-state index in [2.05, 4.69) is 113 Å². The normalized spacial score (nSPS) is 16.8. The molecule has 0 aliphatic heterocycles. The summed E-state index contributed by atoms with van der Waals surface area (Å²) in [5.74, 6) is 0. The van der Waals surface area contributed by atoms with Gasteiger partial charge in [0.2, 0.25) is 0 Å². The van der Waals surface area contributed by atoms with Crippen LogP contribution in [0.3, 0.4) is 0 Å². The molecule has 0 saturated heterocycles. The summed E-state index contributed by atoms with van der Waals surface area (Å²) in [6.07, 6.45) is 14.3. The predicted molar refractivity (Wildman–Crippen MR) is 190 cm³/mol. The first-order chi connectivity index (χ1) is 20.5. The topological polar surface area (TPSA) is 0 Å². The molecule has 0 bridgehead atoms. The molecule has 0 amide bonds. The Hall–Kier alpha value is -2.26. The maximum Gasteiger partial charge on any atom is -0.00619 e. The first-order valence-electron chi connectivity index (χ1n) is 16.4. The van der Waals surface area contributed by atoms with E-state index in [9.17, 15) is 0 Å². The van der Waals surface area contributed by atoms with Crippen LogP contribution in [0.1, 0.15) is 86.5 Å². The molecule has 0 atom stereocenters. The molecule has 4 aromatic carbocycles. The van der Waals surface area contributed by atoms with Crippen LogP contribution >= 0.6 is 15.8 Å². The average molecular weight is 591 g/mol. The van der Waals surface area contributed by atoms with E-state index in [4.69, 9.17) is 0 Å². The van der Waals surface area contributed by atoms with E-state index in [0.717, 1.165) is 11.3 Å². The van der Waals surface area contributed by atoms with Crippen LogP contribution in [0.5, 0.6) is 0 Å². The van der Waals surface area contributed by atoms with Crippen LogP contribution in [-0.4, -0.2) is 11.3 Å². The molecule has 2 fully saturated rings. The highest BCUT2D eigenvalue weighted by Gasteiger charge is 2.35. The molecule has 2 aliphatic carbocycles. The highest BCUT2D eigenvalue weighted by molar-refractivity contribution is 7.80. The highest BCUT2D eigenvalue weighted by atomic mass is 31.1. The number of benzene rings is 4. The monoisotopic (exact) mass is 590 g/mol. The summed E-state index contributed by atoms with van der Waals surface area (Å²) < 4.78 is 0. The zero-order valence-corrected chi connectivity index (χ0v) is 28.0. The molecular formula is C40H48P2. The van der Waals surface area contributed by atoms with Crippen molar-refractivity contribution in [1.29, 1.82) is 0 Å². The molecule has 0 nitrogen and oxygen atoms in total. The van der Waals surface area contributed by atoms with Gasteiger partial charge in [-0.1, -0.05) is 143 Å². The molecule has 2 aliphatic rings. The van der Waals surface area contributed by atoms with Crippen LogP contribution in [0.15, 0.2) is 84.9 Å². The number of aryl methyl sites for hydroxylation is 4. The first-order valence-corrected chi connectivity index (χ1v) is 19.2. The minimum absolute atomic E-state index is 0.207. The van der Waals surface area contributed by atoms with Crippen LogP contribution in [0, 0.1) is 27.7 Å². The Morgan fingerprint density at radius 2 is 0.857 bits per heavy atom. The Labute approximate surface area is 257 Å². The van der Waals surface area contributed by atoms with Crippen molar-refractivity contribution in [3.05, 3.63) is 107 Å². The van der Waals surface area contributed by atoms with Crippen molar-refractivity contribution in [3.8, 4) is 11.1 Å². The Morgan fingerprint density at radius 3 is 1.31 bits per heavy atom. The predicted octanol–water partition coefficient (Wildman–Crippen LogP) is 10.1. The molecule has 0 unspecified atom stereocenters. The molecule has 2 heteroatoms. The fourth-order valence-corrected chi connectivity index (χ4v) is 14.1. The van der Waals surface area contributed by atoms with Gasteiger partial charge in [0.05, 0.1) is 0 Å². The lowest BCUT2D eigenvalue weighted by atomic mass is 9.96. The molecule has 42 heavy (non-hydrogen) atoms. The Kier molecular flexibility index (Phi) is 9.63. The molecule has 0 aromatic heterocycles. The summed E-state index contributed by atoms with van der Waals surface area (Å²) in [7, 11) is -0.904. The zero-order valence-electron chi connectivity index (χ0n) is 26.2. The molecule has 2 saturated carbocycles. The van der Waals surface area contributed by atoms with Crippen molar-refractivity contribution in [2.24, 2.45) is 0 Å². The van der Waals surface area contributed by atoms with Crippen LogP contribution in [0.2, 0.25) is 0 Å². The van der Waals surface area contributed by atoms with Gasteiger partial charge in [-0.15, -0.1) is 0 Å². The summed E-state index contributed by atoms with van der Waals surface area (Å²) in [6, 6.07) is 33.3. The zero-order chi connectivity index (χ0) is 29.1. The van der Waals surface area contributed by atoms with E-state index < -0.39 is 7.92 Å². The maximum atomic E-state index is 2.58. The number of rotatable bonds is 7. The van der Waals surface area contributed by atoms with Crippen molar-refractivity contribution in [1.82, 2.24) is 0 Å². The van der Waals surface area contributed by atoms with E-state index in [0.29, 0.717) is 0 Å². The first kappa shape index (κ1) is 29.8. The van der Waals surface area contributed by atoms with E-state index in [1.165, 1.54) is 108 Å². The summed E-state index contributed by atoms with van der Waals surface area (Å²) in [5, 5.41) is 6.14. The number of hydrogen-bond acceptors (Lipinski definition) is 0. The van der Waals surface area contributed by atoms with Crippen LogP contribution in [-0.2, 0) is 0 Å². The fourth-order valence-electron chi connectivity index (χ4n) is 7.58. The summed E-state index contributed by atoms with van der Waals surface area (Å²) in [6.45, 7) is 9.17. The van der Waals surface area contributed by atoms with Crippen molar-refractivity contribution < 1.29 is 0 Å². The quantitative estimate of drug-likeness (QED) is 0.188. The van der Waals surface area contributed by atoms with Crippen molar-refractivity contribution in [2.45, 2.75) is 103 Å². The molecular weight excluding hydrogens is 542 g/mol. The molecule has 218 valence electrons. The van der Waals surface area contributed by atoms with Gasteiger partial charge in [-0.3, -0.25) is 0 Å². The third-order valence-electron chi connectivity index (χ3n) is 9.79. The van der Waals surface area contributed by atoms with E-state index in [1.54, 1.807) is 10.9 Å². The molecule has 0 spiro atoms. The van der Waals surface area contributed by atoms with Crippen molar-refractivity contribution in [3.63, 3.8) is 0 Å². The highest BCUT2D eigenvalue weighted by Crippen LogP contribution is 2.57. The van der Waals surface area contributed by atoms with Gasteiger partial charge < -0.3 is 0 Å². The Bertz CT molecular complexity index is 1410. The van der Waals surface area contributed by atoms with Gasteiger partial charge in [0.25, 0.3) is 0 Å². The van der Waals surface area contributed by atoms with Crippen LogP contribution in [0.4, 0.5) is 0 Å². The number of hydrogen-bond donors (Lipinski definition) is 0. The second kappa shape index (κ2) is 13.6. The summed E-state index contributed by atoms with van der Waals surface area (Å²) >= 11 is 0. The largest absolute Gasteiger partial charge is 0.0683 e. The lowest BCUT2D eigenvalue weighted by molar-refractivity contribution is 0.487. The lowest BCUT2D eigenvalue weighted by Crippen LogP contribution is -2.29. The standard InChI is InChI=1S/C40H48P2/c1-29-21-25-35(26-22-29)42(36-27-23-30(2)24-28-36)38-20-12-14-32(4)40(38)39-31(3)13-11-19-37(39)41(33-15-7-5-8-16-33)34-17-9-6-10-18-34/h11-14,19-28,33-34H,5-10,15-18H2,1-4H3. The smallest absolute Gasteiger partial charge is 0.00619 e. The van der Waals surface area contributed by atoms with Crippen molar-refractivity contribution in [2.75, 3.05) is 0 Å². The molecule has 0 heterocycles. The Balaban J connectivity index is 1.57. The van der Waals surface area contributed by atoms with Crippen LogP contribution in [0.25, 0.3) is 11.1 Å².